The first-order chi connectivity index (χ1) is 12.9. The molecule has 0 aliphatic rings. The van der Waals surface area contributed by atoms with Gasteiger partial charge in [-0.15, -0.1) is 11.3 Å². The molecule has 0 N–H and O–H groups in total. The average Bonchev–Trinajstić information content (AvgIpc) is 3.35. The van der Waals surface area contributed by atoms with Crippen LogP contribution in [0.25, 0.3) is 10.7 Å². The molecule has 0 amide bonds. The van der Waals surface area contributed by atoms with E-state index in [1.54, 1.807) is 11.3 Å². The number of hydrogen-bond acceptors (Lipinski definition) is 5. The van der Waals surface area contributed by atoms with Crippen molar-refractivity contribution in [3.63, 3.8) is 0 Å². The van der Waals surface area contributed by atoms with Gasteiger partial charge < -0.3 is 4.52 Å². The summed E-state index contributed by atoms with van der Waals surface area (Å²) in [6.45, 7) is 2.26. The Hall–Kier alpha value is -2.76. The van der Waals surface area contributed by atoms with Crippen molar-refractivity contribution >= 4 is 11.3 Å². The molecule has 0 aliphatic heterocycles. The zero-order valence-corrected chi connectivity index (χ0v) is 15.1. The van der Waals surface area contributed by atoms with Gasteiger partial charge in [-0.25, -0.2) is 0 Å². The minimum atomic E-state index is 0.613. The van der Waals surface area contributed by atoms with E-state index in [0.717, 1.165) is 18.0 Å². The van der Waals surface area contributed by atoms with Crippen LogP contribution >= 0.6 is 11.3 Å². The Labute approximate surface area is 156 Å². The van der Waals surface area contributed by atoms with Crippen molar-refractivity contribution in [1.29, 1.82) is 0 Å². The summed E-state index contributed by atoms with van der Waals surface area (Å²) >= 11 is 1.61. The van der Waals surface area contributed by atoms with E-state index in [1.807, 2.05) is 29.6 Å². The van der Waals surface area contributed by atoms with Crippen LogP contribution in [-0.4, -0.2) is 15.0 Å². The van der Waals surface area contributed by atoms with Gasteiger partial charge in [-0.1, -0.05) is 71.9 Å². The van der Waals surface area contributed by atoms with Gasteiger partial charge in [0.2, 0.25) is 11.7 Å². The van der Waals surface area contributed by atoms with Gasteiger partial charge in [-0.05, 0) is 22.6 Å². The van der Waals surface area contributed by atoms with Crippen LogP contribution in [0.4, 0.5) is 0 Å². The van der Waals surface area contributed by atoms with Gasteiger partial charge in [-0.3, -0.25) is 4.90 Å². The topological polar surface area (TPSA) is 42.2 Å². The van der Waals surface area contributed by atoms with Crippen LogP contribution in [0.1, 0.15) is 17.0 Å². The molecule has 130 valence electrons. The Morgan fingerprint density at radius 1 is 0.769 bits per heavy atom. The fourth-order valence-electron chi connectivity index (χ4n) is 2.87. The monoisotopic (exact) mass is 361 g/mol. The van der Waals surface area contributed by atoms with E-state index in [1.165, 1.54) is 11.1 Å². The Bertz CT molecular complexity index is 879. The predicted octanol–water partition coefficient (Wildman–Crippen LogP) is 5.00. The second kappa shape index (κ2) is 8.08. The first-order valence-electron chi connectivity index (χ1n) is 8.53. The van der Waals surface area contributed by atoms with Gasteiger partial charge in [0.05, 0.1) is 11.4 Å². The van der Waals surface area contributed by atoms with E-state index in [2.05, 4.69) is 63.6 Å². The first-order valence-corrected chi connectivity index (χ1v) is 9.41. The highest BCUT2D eigenvalue weighted by Crippen LogP contribution is 2.22. The Morgan fingerprint density at radius 3 is 2.00 bits per heavy atom. The third kappa shape index (κ3) is 4.25. The standard InChI is InChI=1S/C21H19N3OS/c1-3-8-17(9-4-1)14-24(15-18-10-5-2-6-11-18)16-20-22-21(23-25-20)19-12-7-13-26-19/h1-13H,14-16H2. The van der Waals surface area contributed by atoms with Crippen molar-refractivity contribution < 1.29 is 4.52 Å². The second-order valence-electron chi connectivity index (χ2n) is 6.11. The normalized spacial score (nSPS) is 11.1. The highest BCUT2D eigenvalue weighted by molar-refractivity contribution is 7.13. The first kappa shape index (κ1) is 16.7. The zero-order valence-electron chi connectivity index (χ0n) is 14.3. The molecule has 0 saturated heterocycles. The maximum atomic E-state index is 5.50. The van der Waals surface area contributed by atoms with Crippen LogP contribution in [0.15, 0.2) is 82.7 Å². The quantitative estimate of drug-likeness (QED) is 0.464. The second-order valence-corrected chi connectivity index (χ2v) is 7.05. The van der Waals surface area contributed by atoms with Crippen molar-refractivity contribution in [2.75, 3.05) is 0 Å². The van der Waals surface area contributed by atoms with E-state index in [4.69, 9.17) is 4.52 Å². The number of nitrogens with zero attached hydrogens (tertiary/aromatic N) is 3. The van der Waals surface area contributed by atoms with Crippen molar-refractivity contribution in [3.8, 4) is 10.7 Å². The maximum Gasteiger partial charge on any atom is 0.241 e. The van der Waals surface area contributed by atoms with E-state index in [0.29, 0.717) is 18.3 Å². The molecule has 0 fully saturated rings. The third-order valence-corrected chi connectivity index (χ3v) is 4.93. The molecule has 0 radical (unpaired) electrons. The highest BCUT2D eigenvalue weighted by atomic mass is 32.1. The molecule has 0 atom stereocenters. The van der Waals surface area contributed by atoms with Crippen molar-refractivity contribution in [1.82, 2.24) is 15.0 Å². The molecule has 0 aliphatic carbocycles. The van der Waals surface area contributed by atoms with Gasteiger partial charge in [0.25, 0.3) is 0 Å². The zero-order chi connectivity index (χ0) is 17.6. The van der Waals surface area contributed by atoms with E-state index in [9.17, 15) is 0 Å². The fraction of sp³-hybridized carbons (Fsp3) is 0.143. The summed E-state index contributed by atoms with van der Waals surface area (Å²) in [5, 5.41) is 6.14. The molecule has 2 aromatic carbocycles. The number of hydrogen-bond donors (Lipinski definition) is 0. The largest absolute Gasteiger partial charge is 0.338 e. The van der Waals surface area contributed by atoms with Crippen molar-refractivity contribution in [2.45, 2.75) is 19.6 Å². The molecule has 26 heavy (non-hydrogen) atoms. The molecule has 4 nitrogen and oxygen atoms in total. The van der Waals surface area contributed by atoms with Gasteiger partial charge in [-0.2, -0.15) is 4.98 Å². The summed E-state index contributed by atoms with van der Waals surface area (Å²) in [6.07, 6.45) is 0. The van der Waals surface area contributed by atoms with Gasteiger partial charge in [0.1, 0.15) is 0 Å². The average molecular weight is 361 g/mol. The molecule has 2 heterocycles. The van der Waals surface area contributed by atoms with Crippen LogP contribution in [0, 0.1) is 0 Å². The number of thiophene rings is 1. The molecular weight excluding hydrogens is 342 g/mol. The van der Waals surface area contributed by atoms with Crippen molar-refractivity contribution in [2.24, 2.45) is 0 Å². The Balaban J connectivity index is 1.52. The molecule has 2 aromatic heterocycles. The summed E-state index contributed by atoms with van der Waals surface area (Å²) in [5.41, 5.74) is 2.53. The fourth-order valence-corrected chi connectivity index (χ4v) is 3.52. The summed E-state index contributed by atoms with van der Waals surface area (Å²) in [4.78, 5) is 7.91. The molecular formula is C21H19N3OS. The highest BCUT2D eigenvalue weighted by Gasteiger charge is 2.14. The van der Waals surface area contributed by atoms with E-state index in [-0.39, 0.29) is 0 Å². The van der Waals surface area contributed by atoms with Crippen LogP contribution in [0.3, 0.4) is 0 Å². The Kier molecular flexibility index (Phi) is 5.19. The van der Waals surface area contributed by atoms with Crippen molar-refractivity contribution in [3.05, 3.63) is 95.2 Å². The van der Waals surface area contributed by atoms with Gasteiger partial charge in [0, 0.05) is 13.1 Å². The lowest BCUT2D eigenvalue weighted by atomic mass is 10.1. The molecule has 0 unspecified atom stereocenters. The van der Waals surface area contributed by atoms with Gasteiger partial charge >= 0.3 is 0 Å². The summed E-state index contributed by atoms with van der Waals surface area (Å²) in [7, 11) is 0. The van der Waals surface area contributed by atoms with E-state index >= 15 is 0 Å². The summed E-state index contributed by atoms with van der Waals surface area (Å²) in [6, 6.07) is 24.9. The summed E-state index contributed by atoms with van der Waals surface area (Å²) < 4.78 is 5.50. The number of rotatable bonds is 7. The van der Waals surface area contributed by atoms with Crippen LogP contribution in [-0.2, 0) is 19.6 Å². The lowest BCUT2D eigenvalue weighted by Crippen LogP contribution is -2.22. The lowest BCUT2D eigenvalue weighted by molar-refractivity contribution is 0.211. The Morgan fingerprint density at radius 2 is 1.42 bits per heavy atom. The molecule has 5 heteroatoms. The molecule has 4 aromatic rings. The SMILES string of the molecule is c1ccc(CN(Cc2ccccc2)Cc2nc(-c3cccs3)no2)cc1. The predicted molar refractivity (Wildman–Crippen MR) is 103 cm³/mol. The molecule has 0 bridgehead atoms. The van der Waals surface area contributed by atoms with Crippen LogP contribution < -0.4 is 0 Å². The maximum absolute atomic E-state index is 5.50. The minimum Gasteiger partial charge on any atom is -0.338 e. The number of benzene rings is 2. The molecule has 0 saturated carbocycles. The minimum absolute atomic E-state index is 0.613. The molecule has 0 spiro atoms. The third-order valence-electron chi connectivity index (χ3n) is 4.07. The van der Waals surface area contributed by atoms with E-state index < -0.39 is 0 Å². The van der Waals surface area contributed by atoms with Gasteiger partial charge in [0.15, 0.2) is 0 Å². The lowest BCUT2D eigenvalue weighted by Gasteiger charge is -2.20. The van der Waals surface area contributed by atoms with Crippen LogP contribution in [0.2, 0.25) is 0 Å². The van der Waals surface area contributed by atoms with Crippen LogP contribution in [0.5, 0.6) is 0 Å². The smallest absolute Gasteiger partial charge is 0.241 e. The summed E-state index contributed by atoms with van der Waals surface area (Å²) in [5.74, 6) is 1.30. The molecule has 4 rings (SSSR count). The number of aromatic nitrogens is 2.